The molecule has 0 saturated carbocycles. The second-order valence-electron chi connectivity index (χ2n) is 2.51. The van der Waals surface area contributed by atoms with E-state index in [2.05, 4.69) is 33.1 Å². The summed E-state index contributed by atoms with van der Waals surface area (Å²) in [5.41, 5.74) is 7.15. The van der Waals surface area contributed by atoms with Gasteiger partial charge in [-0.1, -0.05) is 33.8 Å². The van der Waals surface area contributed by atoms with Crippen LogP contribution in [0.4, 0.5) is 5.69 Å². The van der Waals surface area contributed by atoms with E-state index in [0.717, 1.165) is 11.3 Å². The molecule has 0 amide bonds. The van der Waals surface area contributed by atoms with Crippen LogP contribution < -0.4 is 11.1 Å². The topological polar surface area (TPSA) is 38.0 Å². The summed E-state index contributed by atoms with van der Waals surface area (Å²) in [7, 11) is 0. The van der Waals surface area contributed by atoms with Crippen LogP contribution >= 0.6 is 28.1 Å². The highest BCUT2D eigenvalue weighted by Gasteiger charge is 1.93. The molecule has 0 unspecified atom stereocenters. The molecule has 1 aromatic carbocycles. The first-order valence-electron chi connectivity index (χ1n) is 3.93. The van der Waals surface area contributed by atoms with E-state index >= 15 is 0 Å². The van der Waals surface area contributed by atoms with Crippen molar-refractivity contribution in [3.05, 3.63) is 29.8 Å². The molecule has 0 spiro atoms. The summed E-state index contributed by atoms with van der Waals surface area (Å²) in [6.07, 6.45) is 0. The molecular formula is C10H9BrN2S. The summed E-state index contributed by atoms with van der Waals surface area (Å²) in [6.45, 7) is 0. The van der Waals surface area contributed by atoms with Crippen molar-refractivity contribution in [2.75, 3.05) is 10.6 Å². The van der Waals surface area contributed by atoms with Gasteiger partial charge >= 0.3 is 0 Å². The molecule has 0 atom stereocenters. The molecule has 0 aromatic heterocycles. The van der Waals surface area contributed by atoms with E-state index < -0.39 is 0 Å². The third-order valence-corrected chi connectivity index (χ3v) is 1.81. The summed E-state index contributed by atoms with van der Waals surface area (Å²) < 4.78 is 0. The summed E-state index contributed by atoms with van der Waals surface area (Å²) in [4.78, 5) is 0. The summed E-state index contributed by atoms with van der Waals surface area (Å²) in [5.74, 6) is 5.91. The van der Waals surface area contributed by atoms with E-state index in [1.165, 1.54) is 0 Å². The van der Waals surface area contributed by atoms with Gasteiger partial charge in [0.25, 0.3) is 0 Å². The van der Waals surface area contributed by atoms with Gasteiger partial charge in [0.05, 0.1) is 5.33 Å². The number of thiocarbonyl (C=S) groups is 1. The van der Waals surface area contributed by atoms with E-state index in [1.54, 1.807) is 0 Å². The lowest BCUT2D eigenvalue weighted by atomic mass is 10.2. The minimum Gasteiger partial charge on any atom is -0.376 e. The molecule has 0 fully saturated rings. The lowest BCUT2D eigenvalue weighted by Crippen LogP contribution is -2.18. The number of hydrogen-bond donors (Lipinski definition) is 2. The molecule has 1 rings (SSSR count). The van der Waals surface area contributed by atoms with Gasteiger partial charge in [0, 0.05) is 11.3 Å². The fourth-order valence-corrected chi connectivity index (χ4v) is 1.21. The van der Waals surface area contributed by atoms with Crippen molar-refractivity contribution in [2.45, 2.75) is 0 Å². The molecule has 1 aromatic rings. The summed E-state index contributed by atoms with van der Waals surface area (Å²) in [6, 6.07) is 7.62. The zero-order valence-corrected chi connectivity index (χ0v) is 9.78. The van der Waals surface area contributed by atoms with Gasteiger partial charge in [-0.25, -0.2) is 0 Å². The molecule has 0 aliphatic heterocycles. The maximum absolute atomic E-state index is 5.35. The predicted molar refractivity (Wildman–Crippen MR) is 67.5 cm³/mol. The fourth-order valence-electron chi connectivity index (χ4n) is 0.952. The highest BCUT2D eigenvalue weighted by Crippen LogP contribution is 2.09. The van der Waals surface area contributed by atoms with Crippen LogP contribution in [-0.4, -0.2) is 10.4 Å². The monoisotopic (exact) mass is 268 g/mol. The molecule has 3 N–H and O–H groups in total. The van der Waals surface area contributed by atoms with Gasteiger partial charge in [-0.3, -0.25) is 0 Å². The van der Waals surface area contributed by atoms with E-state index in [-0.39, 0.29) is 5.11 Å². The minimum absolute atomic E-state index is 0.260. The van der Waals surface area contributed by atoms with E-state index in [0.29, 0.717) is 5.33 Å². The highest BCUT2D eigenvalue weighted by molar-refractivity contribution is 9.09. The molecule has 2 nitrogen and oxygen atoms in total. The Labute approximate surface area is 97.0 Å². The van der Waals surface area contributed by atoms with Gasteiger partial charge in [0.15, 0.2) is 5.11 Å². The number of alkyl halides is 1. The van der Waals surface area contributed by atoms with Crippen LogP contribution in [0.25, 0.3) is 0 Å². The quantitative estimate of drug-likeness (QED) is 0.466. The Morgan fingerprint density at radius 2 is 2.36 bits per heavy atom. The molecule has 0 aliphatic carbocycles. The normalized spacial score (nSPS) is 8.64. The van der Waals surface area contributed by atoms with Gasteiger partial charge in [-0.15, -0.1) is 0 Å². The van der Waals surface area contributed by atoms with E-state index in [1.807, 2.05) is 24.3 Å². The molecule has 0 bridgehead atoms. The van der Waals surface area contributed by atoms with Gasteiger partial charge in [-0.05, 0) is 30.4 Å². The van der Waals surface area contributed by atoms with Crippen molar-refractivity contribution < 1.29 is 0 Å². The average Bonchev–Trinajstić information content (AvgIpc) is 2.14. The Morgan fingerprint density at radius 3 is 3.00 bits per heavy atom. The van der Waals surface area contributed by atoms with Crippen molar-refractivity contribution >= 4 is 38.9 Å². The average molecular weight is 269 g/mol. The SMILES string of the molecule is NC(=S)Nc1cccc(C#CCBr)c1. The van der Waals surface area contributed by atoms with Gasteiger partial charge in [0.1, 0.15) is 0 Å². The lowest BCUT2D eigenvalue weighted by molar-refractivity contribution is 1.58. The van der Waals surface area contributed by atoms with Crippen molar-refractivity contribution in [3.63, 3.8) is 0 Å². The number of benzene rings is 1. The zero-order valence-electron chi connectivity index (χ0n) is 7.38. The Kier molecular flexibility index (Phi) is 4.44. The molecule has 0 heterocycles. The van der Waals surface area contributed by atoms with Crippen LogP contribution in [0, 0.1) is 11.8 Å². The largest absolute Gasteiger partial charge is 0.376 e. The molecule has 72 valence electrons. The smallest absolute Gasteiger partial charge is 0.168 e. The number of halogens is 1. The summed E-state index contributed by atoms with van der Waals surface area (Å²) in [5, 5.41) is 3.78. The van der Waals surface area contributed by atoms with Crippen molar-refractivity contribution in [1.29, 1.82) is 0 Å². The maximum Gasteiger partial charge on any atom is 0.168 e. The molecule has 0 radical (unpaired) electrons. The Hall–Kier alpha value is -1.05. The standard InChI is InChI=1S/C10H9BrN2S/c11-6-2-4-8-3-1-5-9(7-8)13-10(12)14/h1,3,5,7H,6H2,(H3,12,13,14). The van der Waals surface area contributed by atoms with Crippen molar-refractivity contribution in [3.8, 4) is 11.8 Å². The minimum atomic E-state index is 0.260. The van der Waals surface area contributed by atoms with Crippen LogP contribution in [-0.2, 0) is 0 Å². The van der Waals surface area contributed by atoms with Crippen LogP contribution in [0.15, 0.2) is 24.3 Å². The number of rotatable bonds is 1. The lowest BCUT2D eigenvalue weighted by Gasteiger charge is -2.02. The highest BCUT2D eigenvalue weighted by atomic mass is 79.9. The van der Waals surface area contributed by atoms with Gasteiger partial charge in [0.2, 0.25) is 0 Å². The number of anilines is 1. The first-order valence-corrected chi connectivity index (χ1v) is 5.46. The van der Waals surface area contributed by atoms with E-state index in [4.69, 9.17) is 18.0 Å². The van der Waals surface area contributed by atoms with Crippen molar-refractivity contribution in [2.24, 2.45) is 5.73 Å². The molecule has 0 aliphatic rings. The van der Waals surface area contributed by atoms with Crippen LogP contribution in [0.1, 0.15) is 5.56 Å². The van der Waals surface area contributed by atoms with Crippen molar-refractivity contribution in [1.82, 2.24) is 0 Å². The Bertz CT molecular complexity index is 393. The fraction of sp³-hybridized carbons (Fsp3) is 0.100. The molecule has 14 heavy (non-hydrogen) atoms. The number of nitrogens with two attached hydrogens (primary N) is 1. The van der Waals surface area contributed by atoms with Crippen LogP contribution in [0.2, 0.25) is 0 Å². The second kappa shape index (κ2) is 5.63. The second-order valence-corrected chi connectivity index (χ2v) is 3.51. The number of hydrogen-bond acceptors (Lipinski definition) is 1. The maximum atomic E-state index is 5.35. The van der Waals surface area contributed by atoms with Crippen LogP contribution in [0.5, 0.6) is 0 Å². The third-order valence-electron chi connectivity index (χ3n) is 1.43. The van der Waals surface area contributed by atoms with E-state index in [9.17, 15) is 0 Å². The summed E-state index contributed by atoms with van der Waals surface area (Å²) >= 11 is 7.97. The van der Waals surface area contributed by atoms with Crippen LogP contribution in [0.3, 0.4) is 0 Å². The Morgan fingerprint density at radius 1 is 1.57 bits per heavy atom. The van der Waals surface area contributed by atoms with Gasteiger partial charge in [-0.2, -0.15) is 0 Å². The predicted octanol–water partition coefficient (Wildman–Crippen LogP) is 2.09. The first-order chi connectivity index (χ1) is 6.72. The third kappa shape index (κ3) is 3.77. The number of nitrogens with one attached hydrogen (secondary N) is 1. The molecular weight excluding hydrogens is 260 g/mol. The van der Waals surface area contributed by atoms with Gasteiger partial charge < -0.3 is 11.1 Å². The Balaban J connectivity index is 2.84. The first kappa shape index (κ1) is 11.0. The molecule has 0 saturated heterocycles. The molecule has 4 heteroatoms. The zero-order chi connectivity index (χ0) is 10.4.